The molecule has 0 bridgehead atoms. The first-order valence-electron chi connectivity index (χ1n) is 23.5. The van der Waals surface area contributed by atoms with Crippen molar-refractivity contribution < 1.29 is 87.9 Å². The summed E-state index contributed by atoms with van der Waals surface area (Å²) >= 11 is 1.23. The molecule has 6 rings (SSSR count). The van der Waals surface area contributed by atoms with Crippen LogP contribution in [-0.4, -0.2) is 163 Å². The number of fused-ring (bicyclic) bond motifs is 3. The number of esters is 2. The van der Waals surface area contributed by atoms with Crippen LogP contribution in [0.4, 0.5) is 0 Å². The highest BCUT2D eigenvalue weighted by Crippen LogP contribution is 2.52. The van der Waals surface area contributed by atoms with Gasteiger partial charge in [0.2, 0.25) is 29.8 Å². The van der Waals surface area contributed by atoms with E-state index in [0.717, 1.165) is 0 Å². The van der Waals surface area contributed by atoms with Gasteiger partial charge in [-0.15, -0.1) is 11.8 Å². The maximum atomic E-state index is 14.2. The number of hydrogen-bond acceptors (Lipinski definition) is 21. The molecule has 1 unspecified atom stereocenters. The molecule has 0 spiro atoms. The first-order valence-corrected chi connectivity index (χ1v) is 24.6. The number of likely N-dealkylation sites (tertiary alicyclic amines) is 1. The monoisotopic (exact) mass is 1010 g/mol. The molecule has 0 saturated carbocycles. The Kier molecular flexibility index (Phi) is 18.7. The summed E-state index contributed by atoms with van der Waals surface area (Å²) in [6.07, 6.45) is -4.28. The number of hydrogen-bond donors (Lipinski definition) is 8. The second-order valence-corrected chi connectivity index (χ2v) is 19.2. The van der Waals surface area contributed by atoms with Crippen LogP contribution in [-0.2, 0) is 49.3 Å². The van der Waals surface area contributed by atoms with Gasteiger partial charge in [-0.2, -0.15) is 5.10 Å². The third-order valence-corrected chi connectivity index (χ3v) is 14.1. The van der Waals surface area contributed by atoms with Gasteiger partial charge in [0.25, 0.3) is 0 Å². The lowest BCUT2D eigenvalue weighted by Crippen LogP contribution is -2.55. The van der Waals surface area contributed by atoms with Crippen LogP contribution >= 0.6 is 11.8 Å². The second-order valence-electron chi connectivity index (χ2n) is 17.9. The Morgan fingerprint density at radius 1 is 0.972 bits per heavy atom. The number of hydrazone groups is 1. The highest BCUT2D eigenvalue weighted by molar-refractivity contribution is 8.00. The number of carbonyl (C=O) groups is 7. The molecule has 71 heavy (non-hydrogen) atoms. The van der Waals surface area contributed by atoms with E-state index in [0.29, 0.717) is 44.4 Å². The van der Waals surface area contributed by atoms with E-state index in [2.05, 4.69) is 15.8 Å². The number of phenols is 2. The van der Waals surface area contributed by atoms with Crippen molar-refractivity contribution in [1.82, 2.24) is 15.6 Å². The molecular formula is C48H62N4O18S. The molecule has 23 heteroatoms. The van der Waals surface area contributed by atoms with Crippen molar-refractivity contribution in [3.63, 3.8) is 0 Å². The van der Waals surface area contributed by atoms with Gasteiger partial charge in [-0.25, -0.2) is 5.43 Å². The van der Waals surface area contributed by atoms with Crippen molar-refractivity contribution in [2.75, 3.05) is 39.2 Å². The van der Waals surface area contributed by atoms with Crippen molar-refractivity contribution >= 4 is 58.7 Å². The SMILES string of the molecule is COc1cccc2c1C(=O)c1c(O)c3c(c(O)c1C2=O)C[C@@](O)(/C(CO)=N/NC(=O)CCCCCN1C(=O)CC(SCCO)C1=O)C[C@@H]3O[C@H]1C[C@H](NCCCCC(OC(C)=O)OC(C)=O)[C@H](O)[C@H](C)O1. The fourth-order valence-electron chi connectivity index (χ4n) is 9.43. The molecule has 2 aliphatic carbocycles. The van der Waals surface area contributed by atoms with Gasteiger partial charge in [-0.1, -0.05) is 18.6 Å². The number of phenolic OH excluding ortho intramolecular Hbond substituents is 2. The number of ether oxygens (including phenoxy) is 5. The van der Waals surface area contributed by atoms with Crippen molar-refractivity contribution in [2.24, 2.45) is 5.10 Å². The zero-order chi connectivity index (χ0) is 51.7. The standard InChI is InChI=1S/C48H62N4O18S/c1-24-42(59)29(49-15-8-7-14-36(68-25(2)55)69-26(3)56)19-37(67-24)70-31-22-48(65,33(23-54)50-51-34(57)13-6-5-9-16-52-35(58)20-32(47(52)64)71-18-17-53)21-28-39(31)46(63)41-40(44(28)61)43(60)27-11-10-12-30(66-4)38(27)45(41)62/h10-12,24,29,31-32,36-37,42,49,53-54,59,61,63,65H,5-9,13-23H2,1-4H3,(H,51,57)/b50-33+/t24-,29-,31-,32?,37-,42+,48-/m0/s1. The molecular weight excluding hydrogens is 953 g/mol. The molecule has 2 aliphatic heterocycles. The molecule has 7 atom stereocenters. The molecule has 2 aromatic rings. The highest BCUT2D eigenvalue weighted by Gasteiger charge is 2.50. The van der Waals surface area contributed by atoms with E-state index in [9.17, 15) is 59.1 Å². The van der Waals surface area contributed by atoms with Gasteiger partial charge < -0.3 is 59.6 Å². The van der Waals surface area contributed by atoms with Crippen LogP contribution in [0.1, 0.15) is 134 Å². The minimum Gasteiger partial charge on any atom is -0.507 e. The van der Waals surface area contributed by atoms with Gasteiger partial charge in [-0.3, -0.25) is 38.5 Å². The van der Waals surface area contributed by atoms with Crippen molar-refractivity contribution in [1.29, 1.82) is 0 Å². The van der Waals surface area contributed by atoms with E-state index < -0.39 is 119 Å². The lowest BCUT2D eigenvalue weighted by Gasteiger charge is -2.43. The van der Waals surface area contributed by atoms with E-state index in [1.165, 1.54) is 55.8 Å². The van der Waals surface area contributed by atoms with Gasteiger partial charge in [0.05, 0.1) is 66.3 Å². The van der Waals surface area contributed by atoms with E-state index in [1.807, 2.05) is 0 Å². The predicted molar refractivity (Wildman–Crippen MR) is 250 cm³/mol. The number of methoxy groups -OCH3 is 1. The van der Waals surface area contributed by atoms with Crippen LogP contribution in [0.3, 0.4) is 0 Å². The number of aliphatic hydroxyl groups is 4. The van der Waals surface area contributed by atoms with Crippen LogP contribution in [0, 0.1) is 0 Å². The Morgan fingerprint density at radius 3 is 2.37 bits per heavy atom. The first-order chi connectivity index (χ1) is 33.8. The molecule has 8 N–H and O–H groups in total. The van der Waals surface area contributed by atoms with Gasteiger partial charge in [0.1, 0.15) is 22.8 Å². The molecule has 22 nitrogen and oxygen atoms in total. The first kappa shape index (κ1) is 54.8. The maximum Gasteiger partial charge on any atom is 0.305 e. The molecule has 2 saturated heterocycles. The smallest absolute Gasteiger partial charge is 0.305 e. The topological polar surface area (TPSA) is 327 Å². The normalized spacial score (nSPS) is 24.1. The van der Waals surface area contributed by atoms with Crippen molar-refractivity contribution in [3.05, 3.63) is 51.6 Å². The Labute approximate surface area is 413 Å². The summed E-state index contributed by atoms with van der Waals surface area (Å²) < 4.78 is 28.1. The van der Waals surface area contributed by atoms with Crippen molar-refractivity contribution in [2.45, 2.75) is 139 Å². The lowest BCUT2D eigenvalue weighted by atomic mass is 9.71. The van der Waals surface area contributed by atoms with E-state index in [4.69, 9.17) is 28.8 Å². The number of amides is 3. The number of ketones is 2. The number of rotatable bonds is 23. The van der Waals surface area contributed by atoms with Gasteiger partial charge >= 0.3 is 11.9 Å². The molecule has 388 valence electrons. The Hall–Kier alpha value is -5.53. The summed E-state index contributed by atoms with van der Waals surface area (Å²) in [7, 11) is 1.30. The summed E-state index contributed by atoms with van der Waals surface area (Å²) in [5.41, 5.74) is -1.96. The average molecular weight is 1020 g/mol. The van der Waals surface area contributed by atoms with Crippen molar-refractivity contribution in [3.8, 4) is 17.2 Å². The fraction of sp³-hybridized carbons (Fsp3) is 0.583. The summed E-state index contributed by atoms with van der Waals surface area (Å²) in [4.78, 5) is 90.6. The maximum absolute atomic E-state index is 14.2. The number of aromatic hydroxyl groups is 2. The number of aliphatic hydroxyl groups excluding tert-OH is 3. The summed E-state index contributed by atoms with van der Waals surface area (Å²) in [5.74, 6) is -5.16. The number of nitrogens with zero attached hydrogens (tertiary/aromatic N) is 2. The van der Waals surface area contributed by atoms with Crippen LogP contribution in [0.15, 0.2) is 23.3 Å². The molecule has 2 fully saturated rings. The molecule has 0 radical (unpaired) electrons. The Balaban J connectivity index is 1.21. The number of unbranched alkanes of at least 4 members (excludes halogenated alkanes) is 3. The zero-order valence-corrected chi connectivity index (χ0v) is 40.8. The zero-order valence-electron chi connectivity index (χ0n) is 40.0. The quantitative estimate of drug-likeness (QED) is 0.0127. The van der Waals surface area contributed by atoms with Crippen LogP contribution in [0.2, 0.25) is 0 Å². The van der Waals surface area contributed by atoms with Crippen LogP contribution in [0.5, 0.6) is 17.2 Å². The lowest BCUT2D eigenvalue weighted by molar-refractivity contribution is -0.248. The molecule has 0 aromatic heterocycles. The minimum absolute atomic E-state index is 0.00910. The highest BCUT2D eigenvalue weighted by atomic mass is 32.2. The number of nitrogens with one attached hydrogen (secondary N) is 2. The van der Waals surface area contributed by atoms with Crippen LogP contribution < -0.4 is 15.5 Å². The number of carbonyl (C=O) groups excluding carboxylic acids is 7. The van der Waals surface area contributed by atoms with E-state index in [1.54, 1.807) is 6.92 Å². The average Bonchev–Trinajstić information content (AvgIpc) is 3.59. The van der Waals surface area contributed by atoms with Gasteiger partial charge in [0, 0.05) is 87.4 Å². The van der Waals surface area contributed by atoms with Gasteiger partial charge in [-0.05, 0) is 45.2 Å². The number of thioether (sulfide) groups is 1. The molecule has 2 aromatic carbocycles. The van der Waals surface area contributed by atoms with E-state index >= 15 is 0 Å². The number of benzene rings is 2. The Morgan fingerprint density at radius 2 is 1.69 bits per heavy atom. The second kappa shape index (κ2) is 24.3. The molecule has 4 aliphatic rings. The summed E-state index contributed by atoms with van der Waals surface area (Å²) in [6.45, 7) is 3.48. The third kappa shape index (κ3) is 12.6. The summed E-state index contributed by atoms with van der Waals surface area (Å²) in [5, 5.41) is 74.3. The Bertz CT molecular complexity index is 2380. The molecule has 3 amide bonds. The van der Waals surface area contributed by atoms with E-state index in [-0.39, 0.29) is 84.4 Å². The number of imide groups is 1. The largest absolute Gasteiger partial charge is 0.507 e. The minimum atomic E-state index is -2.24. The fourth-order valence-corrected chi connectivity index (χ4v) is 10.4. The van der Waals surface area contributed by atoms with Crippen LogP contribution in [0.25, 0.3) is 0 Å². The third-order valence-electron chi connectivity index (χ3n) is 12.9. The molecule has 2 heterocycles. The predicted octanol–water partition coefficient (Wildman–Crippen LogP) is 1.57. The van der Waals surface area contributed by atoms with Gasteiger partial charge in [0.15, 0.2) is 12.1 Å². The summed E-state index contributed by atoms with van der Waals surface area (Å²) in [6, 6.07) is 3.66.